The number of nitrogens with one attached hydrogen (secondary N) is 4. The Hall–Kier alpha value is -2.05. The number of anilines is 1. The monoisotopic (exact) mass is 223 g/mol. The fraction of sp³-hybridized carbons (Fsp3) is 0.444. The summed E-state index contributed by atoms with van der Waals surface area (Å²) in [7, 11) is 0. The molecule has 0 aliphatic rings. The van der Waals surface area contributed by atoms with Crippen LogP contribution in [-0.4, -0.2) is 26.5 Å². The number of fused-ring (bicyclic) bond motifs is 1. The summed E-state index contributed by atoms with van der Waals surface area (Å²) < 4.78 is 0. The van der Waals surface area contributed by atoms with Crippen LogP contribution in [0.15, 0.2) is 9.59 Å². The fourth-order valence-corrected chi connectivity index (χ4v) is 1.40. The molecule has 0 spiro atoms. The van der Waals surface area contributed by atoms with Gasteiger partial charge in [0.1, 0.15) is 0 Å². The van der Waals surface area contributed by atoms with Crippen molar-refractivity contribution in [3.05, 3.63) is 20.8 Å². The fourth-order valence-electron chi connectivity index (χ4n) is 1.40. The van der Waals surface area contributed by atoms with Gasteiger partial charge in [-0.05, 0) is 6.42 Å². The molecule has 0 saturated carbocycles. The largest absolute Gasteiger partial charge is 0.356 e. The molecule has 2 heterocycles. The van der Waals surface area contributed by atoms with Gasteiger partial charge < -0.3 is 10.3 Å². The molecule has 0 unspecified atom stereocenters. The van der Waals surface area contributed by atoms with Gasteiger partial charge in [0.05, 0.1) is 0 Å². The van der Waals surface area contributed by atoms with Gasteiger partial charge in [0.2, 0.25) is 5.95 Å². The molecule has 0 atom stereocenters. The first-order valence-electron chi connectivity index (χ1n) is 5.17. The average Bonchev–Trinajstić information content (AvgIpc) is 2.61. The molecule has 0 saturated heterocycles. The van der Waals surface area contributed by atoms with E-state index in [1.807, 2.05) is 0 Å². The zero-order valence-corrected chi connectivity index (χ0v) is 8.89. The van der Waals surface area contributed by atoms with Crippen LogP contribution in [0.1, 0.15) is 19.8 Å². The van der Waals surface area contributed by atoms with Gasteiger partial charge >= 0.3 is 5.69 Å². The van der Waals surface area contributed by atoms with Crippen LogP contribution in [-0.2, 0) is 0 Å². The molecule has 7 heteroatoms. The lowest BCUT2D eigenvalue weighted by Crippen LogP contribution is -2.21. The number of unbranched alkanes of at least 4 members (excludes halogenated alkanes) is 1. The molecule has 2 rings (SSSR count). The molecule has 0 aliphatic carbocycles. The van der Waals surface area contributed by atoms with Gasteiger partial charge in [0.15, 0.2) is 11.2 Å². The van der Waals surface area contributed by atoms with Crippen LogP contribution in [0, 0.1) is 0 Å². The minimum Gasteiger partial charge on any atom is -0.356 e. The summed E-state index contributed by atoms with van der Waals surface area (Å²) in [5, 5.41) is 3.04. The summed E-state index contributed by atoms with van der Waals surface area (Å²) in [5.41, 5.74) is -0.467. The summed E-state index contributed by atoms with van der Waals surface area (Å²) in [4.78, 5) is 33.8. The van der Waals surface area contributed by atoms with E-state index in [-0.39, 0.29) is 11.2 Å². The first-order valence-corrected chi connectivity index (χ1v) is 5.17. The van der Waals surface area contributed by atoms with Crippen LogP contribution in [0.3, 0.4) is 0 Å². The average molecular weight is 223 g/mol. The predicted molar refractivity (Wildman–Crippen MR) is 60.7 cm³/mol. The van der Waals surface area contributed by atoms with Crippen molar-refractivity contribution in [1.82, 2.24) is 19.9 Å². The first kappa shape index (κ1) is 10.5. The second-order valence-electron chi connectivity index (χ2n) is 3.50. The van der Waals surface area contributed by atoms with E-state index in [2.05, 4.69) is 32.2 Å². The van der Waals surface area contributed by atoms with E-state index in [9.17, 15) is 9.59 Å². The smallest absolute Gasteiger partial charge is 0.327 e. The molecule has 0 aliphatic heterocycles. The number of hydrogen-bond donors (Lipinski definition) is 4. The topological polar surface area (TPSA) is 106 Å². The maximum atomic E-state index is 11.4. The highest BCUT2D eigenvalue weighted by Crippen LogP contribution is 2.05. The lowest BCUT2D eigenvalue weighted by molar-refractivity contribution is 0.829. The Labute approximate surface area is 90.3 Å². The summed E-state index contributed by atoms with van der Waals surface area (Å²) in [6, 6.07) is 0. The molecular formula is C9H13N5O2. The van der Waals surface area contributed by atoms with E-state index in [1.54, 1.807) is 0 Å². The number of hydrogen-bond acceptors (Lipinski definition) is 4. The number of aromatic nitrogens is 4. The Balaban J connectivity index is 2.33. The summed E-state index contributed by atoms with van der Waals surface area (Å²) in [6.07, 6.45) is 2.09. The molecule has 2 aromatic heterocycles. The Morgan fingerprint density at radius 1 is 1.25 bits per heavy atom. The van der Waals surface area contributed by atoms with Crippen molar-refractivity contribution in [2.75, 3.05) is 11.9 Å². The number of rotatable bonds is 4. The Morgan fingerprint density at radius 2 is 2.06 bits per heavy atom. The van der Waals surface area contributed by atoms with Crippen molar-refractivity contribution in [3.63, 3.8) is 0 Å². The molecule has 86 valence electrons. The van der Waals surface area contributed by atoms with E-state index in [0.29, 0.717) is 5.95 Å². The van der Waals surface area contributed by atoms with Crippen molar-refractivity contribution < 1.29 is 0 Å². The second kappa shape index (κ2) is 4.21. The van der Waals surface area contributed by atoms with Crippen LogP contribution < -0.4 is 16.6 Å². The molecule has 16 heavy (non-hydrogen) atoms. The Bertz CT molecular complexity index is 594. The van der Waals surface area contributed by atoms with Gasteiger partial charge in [-0.1, -0.05) is 13.3 Å². The van der Waals surface area contributed by atoms with Gasteiger partial charge in [0.25, 0.3) is 5.56 Å². The molecule has 4 N–H and O–H groups in total. The minimum atomic E-state index is -0.552. The summed E-state index contributed by atoms with van der Waals surface area (Å²) in [6.45, 7) is 2.86. The van der Waals surface area contributed by atoms with Crippen molar-refractivity contribution in [2.24, 2.45) is 0 Å². The lowest BCUT2D eigenvalue weighted by atomic mass is 10.3. The molecule has 0 bridgehead atoms. The third kappa shape index (κ3) is 1.97. The van der Waals surface area contributed by atoms with E-state index >= 15 is 0 Å². The molecule has 0 radical (unpaired) electrons. The summed E-state index contributed by atoms with van der Waals surface area (Å²) in [5.74, 6) is 0.496. The standard InChI is InChI=1S/C9H13N5O2/c1-2-3-4-10-8-11-5-6(12-8)13-9(16)14-7(5)15/h2-4H2,1H3,(H4,10,11,12,13,14,15,16). The van der Waals surface area contributed by atoms with E-state index in [1.165, 1.54) is 0 Å². The normalized spacial score (nSPS) is 10.8. The van der Waals surface area contributed by atoms with Crippen LogP contribution in [0.5, 0.6) is 0 Å². The zero-order chi connectivity index (χ0) is 11.5. The molecule has 0 fully saturated rings. The van der Waals surface area contributed by atoms with Gasteiger partial charge in [-0.25, -0.2) is 4.79 Å². The third-order valence-electron chi connectivity index (χ3n) is 2.21. The van der Waals surface area contributed by atoms with Gasteiger partial charge in [-0.3, -0.25) is 14.8 Å². The van der Waals surface area contributed by atoms with Crippen LogP contribution in [0.4, 0.5) is 5.95 Å². The van der Waals surface area contributed by atoms with Crippen molar-refractivity contribution in [3.8, 4) is 0 Å². The van der Waals surface area contributed by atoms with E-state index in [0.717, 1.165) is 19.4 Å². The molecular weight excluding hydrogens is 210 g/mol. The van der Waals surface area contributed by atoms with Gasteiger partial charge in [-0.15, -0.1) is 0 Å². The van der Waals surface area contributed by atoms with Crippen molar-refractivity contribution >= 4 is 17.1 Å². The molecule has 7 nitrogen and oxygen atoms in total. The highest BCUT2D eigenvalue weighted by atomic mass is 16.2. The Morgan fingerprint density at radius 3 is 2.81 bits per heavy atom. The first-order chi connectivity index (χ1) is 7.70. The highest BCUT2D eigenvalue weighted by molar-refractivity contribution is 5.71. The predicted octanol–water partition coefficient (Wildman–Crippen LogP) is 0.151. The molecule has 0 amide bonds. The molecule has 0 aromatic carbocycles. The number of nitrogens with zero attached hydrogens (tertiary/aromatic N) is 1. The number of H-pyrrole nitrogens is 3. The van der Waals surface area contributed by atoms with Gasteiger partial charge in [0, 0.05) is 6.54 Å². The maximum absolute atomic E-state index is 11.4. The SMILES string of the molecule is CCCCNc1nc2[nH]c(=O)[nH]c(=O)c2[nH]1. The minimum absolute atomic E-state index is 0.271. The highest BCUT2D eigenvalue weighted by Gasteiger charge is 2.06. The van der Waals surface area contributed by atoms with E-state index in [4.69, 9.17) is 0 Å². The lowest BCUT2D eigenvalue weighted by Gasteiger charge is -1.98. The van der Waals surface area contributed by atoms with Crippen molar-refractivity contribution in [2.45, 2.75) is 19.8 Å². The molecule has 2 aromatic rings. The van der Waals surface area contributed by atoms with Gasteiger partial charge in [-0.2, -0.15) is 4.98 Å². The third-order valence-corrected chi connectivity index (χ3v) is 2.21. The zero-order valence-electron chi connectivity index (χ0n) is 8.89. The maximum Gasteiger partial charge on any atom is 0.327 e. The van der Waals surface area contributed by atoms with Crippen LogP contribution in [0.25, 0.3) is 11.2 Å². The quantitative estimate of drug-likeness (QED) is 0.553. The number of aromatic amines is 3. The van der Waals surface area contributed by atoms with E-state index < -0.39 is 11.2 Å². The van der Waals surface area contributed by atoms with Crippen molar-refractivity contribution in [1.29, 1.82) is 0 Å². The van der Waals surface area contributed by atoms with Crippen LogP contribution >= 0.6 is 0 Å². The second-order valence-corrected chi connectivity index (χ2v) is 3.50. The number of imidazole rings is 1. The summed E-state index contributed by atoms with van der Waals surface area (Å²) >= 11 is 0. The Kier molecular flexibility index (Phi) is 2.76. The van der Waals surface area contributed by atoms with Crippen LogP contribution in [0.2, 0.25) is 0 Å².